The zero-order valence-corrected chi connectivity index (χ0v) is 10.5. The number of nitrogens with two attached hydrogens (primary N) is 1. The van der Waals surface area contributed by atoms with Gasteiger partial charge in [-0.15, -0.1) is 0 Å². The van der Waals surface area contributed by atoms with Crippen LogP contribution in [0.1, 0.15) is 37.8 Å². The highest BCUT2D eigenvalue weighted by molar-refractivity contribution is 5.87. The van der Waals surface area contributed by atoms with Gasteiger partial charge in [0.2, 0.25) is 5.91 Å². The van der Waals surface area contributed by atoms with E-state index < -0.39 is 5.54 Å². The lowest BCUT2D eigenvalue weighted by molar-refractivity contribution is -0.141. The van der Waals surface area contributed by atoms with Crippen molar-refractivity contribution in [2.45, 2.75) is 50.2 Å². The number of hydrogen-bond donors (Lipinski definition) is 1. The lowest BCUT2D eigenvalue weighted by Crippen LogP contribution is -2.59. The van der Waals surface area contributed by atoms with Crippen LogP contribution in [0.25, 0.3) is 0 Å². The second-order valence-corrected chi connectivity index (χ2v) is 5.49. The molecular formula is C14H19N3O. The number of pyridine rings is 1. The Bertz CT molecular complexity index is 438. The number of carbonyl (C=O) groups is 1. The minimum atomic E-state index is -0.586. The Morgan fingerprint density at radius 2 is 2.22 bits per heavy atom. The van der Waals surface area contributed by atoms with Crippen molar-refractivity contribution in [3.05, 3.63) is 30.1 Å². The van der Waals surface area contributed by atoms with Crippen LogP contribution in [-0.4, -0.2) is 27.4 Å². The van der Waals surface area contributed by atoms with Crippen molar-refractivity contribution in [3.63, 3.8) is 0 Å². The lowest BCUT2D eigenvalue weighted by atomic mass is 9.76. The van der Waals surface area contributed by atoms with Crippen molar-refractivity contribution in [1.29, 1.82) is 0 Å². The molecule has 0 atom stereocenters. The van der Waals surface area contributed by atoms with Crippen LogP contribution in [0.15, 0.2) is 24.4 Å². The number of nitrogens with zero attached hydrogens (tertiary/aromatic N) is 2. The van der Waals surface area contributed by atoms with Crippen molar-refractivity contribution in [2.75, 3.05) is 0 Å². The third kappa shape index (κ3) is 2.12. The highest BCUT2D eigenvalue weighted by atomic mass is 16.2. The van der Waals surface area contributed by atoms with Gasteiger partial charge in [-0.25, -0.2) is 0 Å². The standard InChI is InChI=1S/C14H19N3O/c15-14(7-3-8-14)13(18)17(12-5-6-12)10-11-4-1-2-9-16-11/h1-2,4,9,12H,3,5-8,10,15H2. The number of amides is 1. The first kappa shape index (κ1) is 11.7. The predicted octanol–water partition coefficient (Wildman–Crippen LogP) is 1.45. The van der Waals surface area contributed by atoms with Gasteiger partial charge in [-0.1, -0.05) is 6.07 Å². The van der Waals surface area contributed by atoms with Gasteiger partial charge in [-0.3, -0.25) is 9.78 Å². The van der Waals surface area contributed by atoms with E-state index in [1.165, 1.54) is 0 Å². The highest BCUT2D eigenvalue weighted by Gasteiger charge is 2.46. The Labute approximate surface area is 107 Å². The molecule has 0 aromatic carbocycles. The third-order valence-electron chi connectivity index (χ3n) is 3.98. The molecule has 1 heterocycles. The maximum Gasteiger partial charge on any atom is 0.243 e. The van der Waals surface area contributed by atoms with E-state index in [1.807, 2.05) is 23.1 Å². The summed E-state index contributed by atoms with van der Waals surface area (Å²) in [4.78, 5) is 18.8. The first-order valence-electron chi connectivity index (χ1n) is 6.69. The number of hydrogen-bond acceptors (Lipinski definition) is 3. The Kier molecular flexibility index (Phi) is 2.82. The van der Waals surface area contributed by atoms with Gasteiger partial charge in [0.1, 0.15) is 0 Å². The average molecular weight is 245 g/mol. The zero-order valence-electron chi connectivity index (χ0n) is 10.5. The highest BCUT2D eigenvalue weighted by Crippen LogP contribution is 2.36. The molecule has 2 saturated carbocycles. The molecule has 0 saturated heterocycles. The van der Waals surface area contributed by atoms with Gasteiger partial charge in [0.05, 0.1) is 17.8 Å². The maximum atomic E-state index is 12.5. The normalized spacial score (nSPS) is 21.2. The Balaban J connectivity index is 1.74. The van der Waals surface area contributed by atoms with E-state index in [1.54, 1.807) is 6.20 Å². The van der Waals surface area contributed by atoms with Crippen LogP contribution < -0.4 is 5.73 Å². The summed E-state index contributed by atoms with van der Waals surface area (Å²) in [6, 6.07) is 6.20. The molecule has 0 aliphatic heterocycles. The molecule has 2 aliphatic carbocycles. The molecule has 2 N–H and O–H groups in total. The summed E-state index contributed by atoms with van der Waals surface area (Å²) in [6.07, 6.45) is 6.72. The van der Waals surface area contributed by atoms with E-state index in [9.17, 15) is 4.79 Å². The summed E-state index contributed by atoms with van der Waals surface area (Å²) in [5.41, 5.74) is 6.51. The largest absolute Gasteiger partial charge is 0.332 e. The van der Waals surface area contributed by atoms with Crippen LogP contribution in [0.4, 0.5) is 0 Å². The molecule has 0 unspecified atom stereocenters. The summed E-state index contributed by atoms with van der Waals surface area (Å²) in [7, 11) is 0. The second-order valence-electron chi connectivity index (χ2n) is 5.49. The van der Waals surface area contributed by atoms with Crippen LogP contribution in [0.2, 0.25) is 0 Å². The van der Waals surface area contributed by atoms with Crippen molar-refractivity contribution in [1.82, 2.24) is 9.88 Å². The molecule has 0 spiro atoms. The minimum Gasteiger partial charge on any atom is -0.332 e. The van der Waals surface area contributed by atoms with Gasteiger partial charge in [-0.2, -0.15) is 0 Å². The smallest absolute Gasteiger partial charge is 0.243 e. The summed E-state index contributed by atoms with van der Waals surface area (Å²) >= 11 is 0. The molecule has 0 radical (unpaired) electrons. The van der Waals surface area contributed by atoms with Crippen LogP contribution >= 0.6 is 0 Å². The molecular weight excluding hydrogens is 226 g/mol. The van der Waals surface area contributed by atoms with E-state index in [4.69, 9.17) is 5.73 Å². The molecule has 1 amide bonds. The van der Waals surface area contributed by atoms with Crippen molar-refractivity contribution in [2.24, 2.45) is 5.73 Å². The van der Waals surface area contributed by atoms with Gasteiger partial charge in [-0.05, 0) is 44.2 Å². The zero-order chi connectivity index (χ0) is 12.6. The molecule has 4 heteroatoms. The molecule has 96 valence electrons. The monoisotopic (exact) mass is 245 g/mol. The topological polar surface area (TPSA) is 59.2 Å². The molecule has 2 aliphatic rings. The lowest BCUT2D eigenvalue weighted by Gasteiger charge is -2.40. The van der Waals surface area contributed by atoms with Crippen molar-refractivity contribution in [3.8, 4) is 0 Å². The number of aromatic nitrogens is 1. The van der Waals surface area contributed by atoms with Gasteiger partial charge in [0, 0.05) is 12.2 Å². The van der Waals surface area contributed by atoms with E-state index >= 15 is 0 Å². The summed E-state index contributed by atoms with van der Waals surface area (Å²) in [5.74, 6) is 0.127. The van der Waals surface area contributed by atoms with E-state index in [0.29, 0.717) is 12.6 Å². The minimum absolute atomic E-state index is 0.127. The summed E-state index contributed by atoms with van der Waals surface area (Å²) in [6.45, 7) is 0.600. The quantitative estimate of drug-likeness (QED) is 0.873. The van der Waals surface area contributed by atoms with Crippen LogP contribution in [0, 0.1) is 0 Å². The van der Waals surface area contributed by atoms with Gasteiger partial charge in [0.25, 0.3) is 0 Å². The fourth-order valence-electron chi connectivity index (χ4n) is 2.48. The van der Waals surface area contributed by atoms with Crippen LogP contribution in [-0.2, 0) is 11.3 Å². The molecule has 1 aromatic heterocycles. The van der Waals surface area contributed by atoms with Gasteiger partial charge < -0.3 is 10.6 Å². The predicted molar refractivity (Wildman–Crippen MR) is 68.6 cm³/mol. The maximum absolute atomic E-state index is 12.5. The Morgan fingerprint density at radius 1 is 1.44 bits per heavy atom. The van der Waals surface area contributed by atoms with Crippen LogP contribution in [0.5, 0.6) is 0 Å². The molecule has 0 bridgehead atoms. The van der Waals surface area contributed by atoms with Crippen molar-refractivity contribution < 1.29 is 4.79 Å². The number of rotatable bonds is 4. The average Bonchev–Trinajstić information content (AvgIpc) is 3.18. The van der Waals surface area contributed by atoms with E-state index in [2.05, 4.69) is 4.98 Å². The number of carbonyl (C=O) groups excluding carboxylic acids is 1. The van der Waals surface area contributed by atoms with Gasteiger partial charge in [0.15, 0.2) is 0 Å². The Hall–Kier alpha value is -1.42. The first-order chi connectivity index (χ1) is 8.69. The van der Waals surface area contributed by atoms with Crippen molar-refractivity contribution >= 4 is 5.91 Å². The third-order valence-corrected chi connectivity index (χ3v) is 3.98. The Morgan fingerprint density at radius 3 is 2.72 bits per heavy atom. The fourth-order valence-corrected chi connectivity index (χ4v) is 2.48. The second kappa shape index (κ2) is 4.35. The van der Waals surface area contributed by atoms with E-state index in [-0.39, 0.29) is 5.91 Å². The summed E-state index contributed by atoms with van der Waals surface area (Å²) in [5, 5.41) is 0. The van der Waals surface area contributed by atoms with E-state index in [0.717, 1.165) is 37.8 Å². The molecule has 4 nitrogen and oxygen atoms in total. The molecule has 2 fully saturated rings. The first-order valence-corrected chi connectivity index (χ1v) is 6.69. The molecule has 18 heavy (non-hydrogen) atoms. The fraction of sp³-hybridized carbons (Fsp3) is 0.571. The summed E-state index contributed by atoms with van der Waals surface area (Å²) < 4.78 is 0. The van der Waals surface area contributed by atoms with Gasteiger partial charge >= 0.3 is 0 Å². The molecule has 1 aromatic rings. The molecule has 3 rings (SSSR count). The SMILES string of the molecule is NC1(C(=O)N(Cc2ccccn2)C2CC2)CCC1. The van der Waals surface area contributed by atoms with Crippen LogP contribution in [0.3, 0.4) is 0 Å².